The molecule has 1 aromatic heterocycles. The quantitative estimate of drug-likeness (QED) is 0.887. The van der Waals surface area contributed by atoms with Crippen LogP contribution in [0.25, 0.3) is 0 Å². The number of nitrogens with zero attached hydrogens (tertiary/aromatic N) is 3. The zero-order chi connectivity index (χ0) is 15.9. The molecule has 1 N–H and O–H groups in total. The molecule has 2 heterocycles. The third kappa shape index (κ3) is 4.61. The highest BCUT2D eigenvalue weighted by Gasteiger charge is 2.26. The zero-order valence-corrected chi connectivity index (χ0v) is 13.5. The summed E-state index contributed by atoms with van der Waals surface area (Å²) in [6, 6.07) is 15.1. The molecule has 4 heteroatoms. The number of piperazine rings is 1. The van der Waals surface area contributed by atoms with Gasteiger partial charge in [0.1, 0.15) is 0 Å². The minimum Gasteiger partial charge on any atom is -0.396 e. The van der Waals surface area contributed by atoms with E-state index in [0.29, 0.717) is 6.04 Å². The van der Waals surface area contributed by atoms with Crippen molar-refractivity contribution in [3.05, 3.63) is 66.0 Å². The molecule has 0 saturated carbocycles. The summed E-state index contributed by atoms with van der Waals surface area (Å²) in [7, 11) is 0. The molecule has 0 aliphatic carbocycles. The van der Waals surface area contributed by atoms with E-state index in [1.165, 1.54) is 11.1 Å². The second kappa shape index (κ2) is 8.20. The lowest BCUT2D eigenvalue weighted by atomic mass is 10.1. The van der Waals surface area contributed by atoms with E-state index in [0.717, 1.165) is 39.1 Å². The Morgan fingerprint density at radius 1 is 1.00 bits per heavy atom. The maximum Gasteiger partial charge on any atom is 0.0446 e. The largest absolute Gasteiger partial charge is 0.396 e. The summed E-state index contributed by atoms with van der Waals surface area (Å²) in [6.07, 6.45) is 4.59. The molecule has 0 amide bonds. The van der Waals surface area contributed by atoms with E-state index in [9.17, 15) is 5.11 Å². The van der Waals surface area contributed by atoms with Gasteiger partial charge in [-0.25, -0.2) is 0 Å². The maximum atomic E-state index is 9.42. The normalized spacial score (nSPS) is 19.8. The van der Waals surface area contributed by atoms with Crippen LogP contribution in [0.5, 0.6) is 0 Å². The molecule has 0 radical (unpaired) electrons. The molecular formula is C19H25N3O. The fourth-order valence-corrected chi connectivity index (χ4v) is 3.30. The van der Waals surface area contributed by atoms with Crippen molar-refractivity contribution >= 4 is 0 Å². The summed E-state index contributed by atoms with van der Waals surface area (Å²) in [5.41, 5.74) is 2.60. The molecule has 23 heavy (non-hydrogen) atoms. The fraction of sp³-hybridized carbons (Fsp3) is 0.421. The van der Waals surface area contributed by atoms with Crippen LogP contribution in [0, 0.1) is 0 Å². The van der Waals surface area contributed by atoms with Gasteiger partial charge in [-0.1, -0.05) is 36.4 Å². The van der Waals surface area contributed by atoms with E-state index >= 15 is 0 Å². The first kappa shape index (κ1) is 16.1. The van der Waals surface area contributed by atoms with Gasteiger partial charge in [0.25, 0.3) is 0 Å². The predicted molar refractivity (Wildman–Crippen MR) is 91.9 cm³/mol. The molecule has 1 aromatic carbocycles. The molecule has 0 unspecified atom stereocenters. The maximum absolute atomic E-state index is 9.42. The number of rotatable bonds is 6. The Kier molecular flexibility index (Phi) is 5.75. The topological polar surface area (TPSA) is 39.6 Å². The molecule has 3 rings (SSSR count). The smallest absolute Gasteiger partial charge is 0.0446 e. The molecule has 1 aliphatic rings. The first-order chi connectivity index (χ1) is 11.3. The minimum absolute atomic E-state index is 0.247. The Labute approximate surface area is 138 Å². The average Bonchev–Trinajstić information content (AvgIpc) is 2.59. The Hall–Kier alpha value is -1.75. The van der Waals surface area contributed by atoms with Gasteiger partial charge in [0.15, 0.2) is 0 Å². The van der Waals surface area contributed by atoms with Gasteiger partial charge in [0.05, 0.1) is 0 Å². The van der Waals surface area contributed by atoms with Crippen molar-refractivity contribution in [2.24, 2.45) is 0 Å². The molecule has 0 bridgehead atoms. The molecule has 4 nitrogen and oxygen atoms in total. The number of aliphatic hydroxyl groups excluding tert-OH is 1. The lowest BCUT2D eigenvalue weighted by Gasteiger charge is -2.41. The lowest BCUT2D eigenvalue weighted by molar-refractivity contribution is 0.0499. The van der Waals surface area contributed by atoms with Crippen molar-refractivity contribution < 1.29 is 5.11 Å². The molecule has 1 aliphatic heterocycles. The van der Waals surface area contributed by atoms with Crippen molar-refractivity contribution in [3.63, 3.8) is 0 Å². The second-order valence-corrected chi connectivity index (χ2v) is 6.22. The number of hydrogen-bond donors (Lipinski definition) is 1. The summed E-state index contributed by atoms with van der Waals surface area (Å²) in [4.78, 5) is 9.18. The van der Waals surface area contributed by atoms with E-state index in [2.05, 4.69) is 51.2 Å². The molecule has 2 aromatic rings. The van der Waals surface area contributed by atoms with Crippen LogP contribution in [0.15, 0.2) is 54.9 Å². The number of aromatic nitrogens is 1. The highest BCUT2D eigenvalue weighted by atomic mass is 16.3. The van der Waals surface area contributed by atoms with E-state index in [1.54, 1.807) is 0 Å². The van der Waals surface area contributed by atoms with E-state index in [-0.39, 0.29) is 6.61 Å². The summed E-state index contributed by atoms with van der Waals surface area (Å²) in [5.74, 6) is 0. The van der Waals surface area contributed by atoms with Gasteiger partial charge in [-0.05, 0) is 23.6 Å². The van der Waals surface area contributed by atoms with Crippen molar-refractivity contribution in [1.29, 1.82) is 0 Å². The molecule has 1 fully saturated rings. The minimum atomic E-state index is 0.247. The second-order valence-electron chi connectivity index (χ2n) is 6.22. The van der Waals surface area contributed by atoms with Crippen LogP contribution in [-0.4, -0.2) is 52.2 Å². The Morgan fingerprint density at radius 3 is 2.57 bits per heavy atom. The van der Waals surface area contributed by atoms with Gasteiger partial charge in [-0.3, -0.25) is 14.8 Å². The Morgan fingerprint density at radius 2 is 1.83 bits per heavy atom. The monoisotopic (exact) mass is 311 g/mol. The van der Waals surface area contributed by atoms with Gasteiger partial charge in [-0.15, -0.1) is 0 Å². The summed E-state index contributed by atoms with van der Waals surface area (Å²) in [5, 5.41) is 9.42. The van der Waals surface area contributed by atoms with Crippen molar-refractivity contribution in [3.8, 4) is 0 Å². The summed E-state index contributed by atoms with van der Waals surface area (Å²) < 4.78 is 0. The van der Waals surface area contributed by atoms with Gasteiger partial charge in [0.2, 0.25) is 0 Å². The average molecular weight is 311 g/mol. The Bertz CT molecular complexity index is 576. The van der Waals surface area contributed by atoms with E-state index in [4.69, 9.17) is 0 Å². The van der Waals surface area contributed by atoms with E-state index < -0.39 is 0 Å². The predicted octanol–water partition coefficient (Wildman–Crippen LogP) is 2.15. The van der Waals surface area contributed by atoms with Crippen LogP contribution in [-0.2, 0) is 13.1 Å². The standard InChI is InChI=1S/C19H25N3O/c23-12-8-19-16-21(14-18-7-4-9-20-13-18)10-11-22(19)15-17-5-2-1-3-6-17/h1-7,9,13,19,23H,8,10-12,14-16H2/t19-/m0/s1. The lowest BCUT2D eigenvalue weighted by Crippen LogP contribution is -2.52. The van der Waals surface area contributed by atoms with Crippen LogP contribution in [0.4, 0.5) is 0 Å². The summed E-state index contributed by atoms with van der Waals surface area (Å²) >= 11 is 0. The van der Waals surface area contributed by atoms with Crippen molar-refractivity contribution in [2.45, 2.75) is 25.6 Å². The van der Waals surface area contributed by atoms with Gasteiger partial charge >= 0.3 is 0 Å². The van der Waals surface area contributed by atoms with Crippen molar-refractivity contribution in [2.75, 3.05) is 26.2 Å². The highest BCUT2D eigenvalue weighted by molar-refractivity contribution is 5.15. The van der Waals surface area contributed by atoms with Crippen molar-refractivity contribution in [1.82, 2.24) is 14.8 Å². The molecular weight excluding hydrogens is 286 g/mol. The highest BCUT2D eigenvalue weighted by Crippen LogP contribution is 2.18. The number of aliphatic hydroxyl groups is 1. The van der Waals surface area contributed by atoms with Gasteiger partial charge < -0.3 is 5.11 Å². The molecule has 0 spiro atoms. The zero-order valence-electron chi connectivity index (χ0n) is 13.5. The number of hydrogen-bond acceptors (Lipinski definition) is 4. The number of pyridine rings is 1. The Balaban J connectivity index is 1.61. The van der Waals surface area contributed by atoms with Crippen LogP contribution in [0.2, 0.25) is 0 Å². The fourth-order valence-electron chi connectivity index (χ4n) is 3.30. The first-order valence-electron chi connectivity index (χ1n) is 8.35. The molecule has 122 valence electrons. The van der Waals surface area contributed by atoms with Crippen LogP contribution in [0.1, 0.15) is 17.5 Å². The van der Waals surface area contributed by atoms with Crippen LogP contribution in [0.3, 0.4) is 0 Å². The molecule has 1 saturated heterocycles. The van der Waals surface area contributed by atoms with Gasteiger partial charge in [0, 0.05) is 57.8 Å². The first-order valence-corrected chi connectivity index (χ1v) is 8.35. The van der Waals surface area contributed by atoms with Crippen LogP contribution >= 0.6 is 0 Å². The third-order valence-electron chi connectivity index (χ3n) is 4.51. The summed E-state index contributed by atoms with van der Waals surface area (Å²) in [6.45, 7) is 5.25. The SMILES string of the molecule is OCC[C@H]1CN(Cc2cccnc2)CCN1Cc1ccccc1. The van der Waals surface area contributed by atoms with Gasteiger partial charge in [-0.2, -0.15) is 0 Å². The number of benzene rings is 1. The van der Waals surface area contributed by atoms with E-state index in [1.807, 2.05) is 18.5 Å². The third-order valence-corrected chi connectivity index (χ3v) is 4.51. The van der Waals surface area contributed by atoms with Crippen LogP contribution < -0.4 is 0 Å². The molecule has 1 atom stereocenters.